The maximum Gasteiger partial charge on any atom is 0.351 e. The summed E-state index contributed by atoms with van der Waals surface area (Å²) in [6.07, 6.45) is 3.26. The van der Waals surface area contributed by atoms with Crippen LogP contribution in [0, 0.1) is 0 Å². The van der Waals surface area contributed by atoms with Gasteiger partial charge in [0, 0.05) is 6.42 Å². The van der Waals surface area contributed by atoms with Crippen molar-refractivity contribution in [2.24, 2.45) is 0 Å². The number of benzene rings is 2. The van der Waals surface area contributed by atoms with E-state index in [1.54, 1.807) is 0 Å². The van der Waals surface area contributed by atoms with Crippen LogP contribution in [0.2, 0.25) is 0 Å². The molecule has 2 atom stereocenters. The predicted molar refractivity (Wildman–Crippen MR) is 108 cm³/mol. The summed E-state index contributed by atoms with van der Waals surface area (Å²) in [7, 11) is 4.28. The number of rotatable bonds is 5. The normalized spacial score (nSPS) is 17.9. The summed E-state index contributed by atoms with van der Waals surface area (Å²) in [6.45, 7) is 0. The Morgan fingerprint density at radius 1 is 0.967 bits per heavy atom. The fourth-order valence-corrected chi connectivity index (χ4v) is 3.70. The first-order valence-corrected chi connectivity index (χ1v) is 9.86. The number of ether oxygens (including phenoxy) is 1. The number of hydrogen-bond acceptors (Lipinski definition) is 5. The third kappa shape index (κ3) is 6.42. The monoisotopic (exact) mass is 413 g/mol. The molecule has 2 unspecified atom stereocenters. The van der Waals surface area contributed by atoms with Gasteiger partial charge in [-0.25, -0.2) is 4.79 Å². The van der Waals surface area contributed by atoms with E-state index in [0.717, 1.165) is 30.4 Å². The Morgan fingerprint density at radius 2 is 1.43 bits per heavy atom. The van der Waals surface area contributed by atoms with E-state index in [4.69, 9.17) is 24.5 Å². The van der Waals surface area contributed by atoms with Crippen LogP contribution in [0.3, 0.4) is 0 Å². The lowest BCUT2D eigenvalue weighted by Gasteiger charge is -2.25. The number of nitrogens with one attached hydrogen (secondary N) is 1. The molecule has 0 bridgehead atoms. The van der Waals surface area contributed by atoms with Crippen LogP contribution in [0.15, 0.2) is 60.7 Å². The van der Waals surface area contributed by atoms with Crippen molar-refractivity contribution >= 4 is 17.9 Å². The van der Waals surface area contributed by atoms with Crippen LogP contribution < -0.4 is 10.0 Å². The van der Waals surface area contributed by atoms with E-state index in [1.165, 1.54) is 4.90 Å². The zero-order valence-electron chi connectivity index (χ0n) is 17.1. The molecule has 0 heterocycles. The fourth-order valence-electron chi connectivity index (χ4n) is 3.70. The van der Waals surface area contributed by atoms with E-state index < -0.39 is 11.9 Å². The molecule has 30 heavy (non-hydrogen) atoms. The zero-order valence-corrected chi connectivity index (χ0v) is 17.1. The summed E-state index contributed by atoms with van der Waals surface area (Å²) in [6, 6.07) is 20.2. The van der Waals surface area contributed by atoms with E-state index >= 15 is 0 Å². The summed E-state index contributed by atoms with van der Waals surface area (Å²) in [5.74, 6) is -4.50. The van der Waals surface area contributed by atoms with Gasteiger partial charge in [0.2, 0.25) is 0 Å². The highest BCUT2D eigenvalue weighted by molar-refractivity contribution is 6.26. The molecule has 0 aliphatic heterocycles. The fraction of sp³-hybridized carbons (Fsp3) is 0.348. The second kappa shape index (κ2) is 11.1. The van der Waals surface area contributed by atoms with Gasteiger partial charge in [0.25, 0.3) is 0 Å². The molecule has 7 nitrogen and oxygen atoms in total. The van der Waals surface area contributed by atoms with Gasteiger partial charge in [0.1, 0.15) is 12.0 Å². The molecule has 1 aliphatic carbocycles. The second-order valence-corrected chi connectivity index (χ2v) is 7.44. The second-order valence-electron chi connectivity index (χ2n) is 7.44. The van der Waals surface area contributed by atoms with Crippen molar-refractivity contribution in [1.29, 1.82) is 0 Å². The van der Waals surface area contributed by atoms with E-state index in [-0.39, 0.29) is 18.0 Å². The molecule has 160 valence electrons. The predicted octanol–water partition coefficient (Wildman–Crippen LogP) is 0.248. The molecule has 0 radical (unpaired) electrons. The smallest absolute Gasteiger partial charge is 0.351 e. The van der Waals surface area contributed by atoms with Crippen molar-refractivity contribution in [3.8, 4) is 0 Å². The summed E-state index contributed by atoms with van der Waals surface area (Å²) in [5, 5.41) is 16.3. The van der Waals surface area contributed by atoms with Crippen LogP contribution >= 0.6 is 0 Å². The number of likely N-dealkylation sites (N-methyl/N-ethyl adjacent to an activating group) is 1. The van der Waals surface area contributed by atoms with Gasteiger partial charge in [-0.15, -0.1) is 0 Å². The lowest BCUT2D eigenvalue weighted by Crippen LogP contribution is -3.11. The van der Waals surface area contributed by atoms with Crippen molar-refractivity contribution in [2.45, 2.75) is 37.3 Å². The number of quaternary nitrogens is 1. The number of hydrogen-bond donors (Lipinski definition) is 2. The zero-order chi connectivity index (χ0) is 22.1. The van der Waals surface area contributed by atoms with Gasteiger partial charge in [-0.3, -0.25) is 4.79 Å². The highest BCUT2D eigenvalue weighted by Gasteiger charge is 2.37. The molecular weight excluding hydrogens is 386 g/mol. The minimum absolute atomic E-state index is 0.0254. The van der Waals surface area contributed by atoms with Gasteiger partial charge in [0.15, 0.2) is 12.1 Å². The third-order valence-electron chi connectivity index (χ3n) is 5.14. The summed E-state index contributed by atoms with van der Waals surface area (Å²) >= 11 is 0. The van der Waals surface area contributed by atoms with Crippen LogP contribution in [0.25, 0.3) is 0 Å². The third-order valence-corrected chi connectivity index (χ3v) is 5.14. The lowest BCUT2D eigenvalue weighted by molar-refractivity contribution is -0.888. The standard InChI is InChI=1S/C21H25NO2.C2H2O4/c1-22(2)18-14-9-15-19(18)24-21(23)20(16-10-5-3-6-11-16)17-12-7-4-8-13-17;3-1(4)2(5)6/h3-8,10-13,18-20H,9,14-15H2,1-2H3;(H,3,4)(H,5,6). The molecule has 1 aliphatic rings. The first kappa shape index (κ1) is 23.1. The Labute approximate surface area is 175 Å². The number of carboxylic acids is 2. The molecule has 2 aromatic rings. The quantitative estimate of drug-likeness (QED) is 0.537. The van der Waals surface area contributed by atoms with E-state index in [1.807, 2.05) is 60.7 Å². The van der Waals surface area contributed by atoms with Gasteiger partial charge < -0.3 is 24.6 Å². The lowest BCUT2D eigenvalue weighted by atomic mass is 9.91. The number of esters is 1. The van der Waals surface area contributed by atoms with Crippen LogP contribution in [0.4, 0.5) is 0 Å². The molecule has 1 saturated carbocycles. The topological polar surface area (TPSA) is 108 Å². The van der Waals surface area contributed by atoms with Crippen LogP contribution in [0.5, 0.6) is 0 Å². The number of carbonyl (C=O) groups is 3. The Kier molecular flexibility index (Phi) is 8.55. The number of aliphatic carboxylic acids is 2. The van der Waals surface area contributed by atoms with E-state index in [0.29, 0.717) is 6.04 Å². The Hall–Kier alpha value is -3.19. The van der Waals surface area contributed by atoms with Crippen LogP contribution in [0.1, 0.15) is 36.3 Å². The van der Waals surface area contributed by atoms with Gasteiger partial charge in [-0.1, -0.05) is 60.7 Å². The highest BCUT2D eigenvalue weighted by Crippen LogP contribution is 2.29. The minimum atomic E-state index is -2.07. The Bertz CT molecular complexity index is 786. The van der Waals surface area contributed by atoms with Gasteiger partial charge in [0.05, 0.1) is 14.1 Å². The summed E-state index contributed by atoms with van der Waals surface area (Å²) in [4.78, 5) is 32.4. The van der Waals surface area contributed by atoms with Crippen molar-refractivity contribution in [3.63, 3.8) is 0 Å². The molecule has 0 saturated heterocycles. The first-order valence-electron chi connectivity index (χ1n) is 9.86. The van der Waals surface area contributed by atoms with Crippen LogP contribution in [-0.2, 0) is 19.1 Å². The molecule has 3 rings (SSSR count). The summed E-state index contributed by atoms with van der Waals surface area (Å²) in [5.41, 5.74) is 1.97. The SMILES string of the molecule is C[NH+](C)C1CCCC1OC(=O)C(c1ccccc1)c1ccccc1.O=C([O-])C(=O)O. The maximum atomic E-state index is 13.0. The molecule has 1 fully saturated rings. The summed E-state index contributed by atoms with van der Waals surface area (Å²) < 4.78 is 6.00. The molecule has 2 N–H and O–H groups in total. The van der Waals surface area contributed by atoms with Crippen molar-refractivity contribution < 1.29 is 34.2 Å². The average Bonchev–Trinajstić information content (AvgIpc) is 3.18. The Morgan fingerprint density at radius 3 is 1.83 bits per heavy atom. The number of carboxylic acid groups (broad SMARTS) is 2. The maximum absolute atomic E-state index is 13.0. The largest absolute Gasteiger partial charge is 0.539 e. The van der Waals surface area contributed by atoms with Gasteiger partial charge in [-0.05, 0) is 24.0 Å². The molecule has 7 heteroatoms. The van der Waals surface area contributed by atoms with Gasteiger partial charge >= 0.3 is 11.9 Å². The van der Waals surface area contributed by atoms with Crippen molar-refractivity contribution in [3.05, 3.63) is 71.8 Å². The molecular formula is C23H27NO6. The average molecular weight is 413 g/mol. The molecule has 0 spiro atoms. The van der Waals surface area contributed by atoms with Crippen molar-refractivity contribution in [2.75, 3.05) is 14.1 Å². The first-order chi connectivity index (χ1) is 14.3. The molecule has 0 aromatic heterocycles. The molecule has 2 aromatic carbocycles. The minimum Gasteiger partial charge on any atom is -0.539 e. The molecule has 0 amide bonds. The van der Waals surface area contributed by atoms with Crippen LogP contribution in [-0.4, -0.2) is 49.3 Å². The van der Waals surface area contributed by atoms with E-state index in [9.17, 15) is 4.79 Å². The van der Waals surface area contributed by atoms with Crippen molar-refractivity contribution in [1.82, 2.24) is 0 Å². The van der Waals surface area contributed by atoms with E-state index in [2.05, 4.69) is 14.1 Å². The van der Waals surface area contributed by atoms with Gasteiger partial charge in [-0.2, -0.15) is 0 Å². The Balaban J connectivity index is 0.000000469. The highest BCUT2D eigenvalue weighted by atomic mass is 16.5. The number of carbonyl (C=O) groups excluding carboxylic acids is 2.